The largest absolute Gasteiger partial charge is 0.478 e. The topological polar surface area (TPSA) is 102 Å². The fourth-order valence-corrected chi connectivity index (χ4v) is 3.41. The Hall–Kier alpha value is -3.14. The summed E-state index contributed by atoms with van der Waals surface area (Å²) in [5.41, 5.74) is 1.14. The molecule has 0 radical (unpaired) electrons. The average Bonchev–Trinajstić information content (AvgIpc) is 3.10. The number of fused-ring (bicyclic) bond motifs is 1. The second-order valence-electron chi connectivity index (χ2n) is 6.02. The van der Waals surface area contributed by atoms with Crippen LogP contribution in [-0.4, -0.2) is 42.3 Å². The fraction of sp³-hybridized carbons (Fsp3) is 0.222. The van der Waals surface area contributed by atoms with Crippen molar-refractivity contribution in [2.24, 2.45) is 0 Å². The Morgan fingerprint density at radius 2 is 2.07 bits per heavy atom. The quantitative estimate of drug-likeness (QED) is 0.594. The molecule has 0 aliphatic rings. The Kier molecular flexibility index (Phi) is 5.78. The van der Waals surface area contributed by atoms with E-state index in [9.17, 15) is 17.6 Å². The number of rotatable bonds is 8. The summed E-state index contributed by atoms with van der Waals surface area (Å²) in [5.74, 6) is -1.49. The molecular formula is C18H19FN4O4S. The zero-order valence-electron chi connectivity index (χ0n) is 15.0. The molecule has 3 rings (SSSR count). The molecule has 3 aromatic rings. The molecule has 0 aliphatic heterocycles. The molecule has 2 N–H and O–H groups in total. The van der Waals surface area contributed by atoms with Gasteiger partial charge in [-0.3, -0.25) is 9.52 Å². The first-order chi connectivity index (χ1) is 13.3. The van der Waals surface area contributed by atoms with Crippen molar-refractivity contribution in [2.45, 2.75) is 13.0 Å². The molecule has 0 aliphatic carbocycles. The molecule has 0 spiro atoms. The summed E-state index contributed by atoms with van der Waals surface area (Å²) < 4.78 is 47.3. The number of nitrogens with one attached hydrogen (secondary N) is 2. The summed E-state index contributed by atoms with van der Waals surface area (Å²) in [6, 6.07) is 10.7. The zero-order valence-corrected chi connectivity index (χ0v) is 15.8. The van der Waals surface area contributed by atoms with E-state index in [-0.39, 0.29) is 18.0 Å². The van der Waals surface area contributed by atoms with Gasteiger partial charge in [0.05, 0.1) is 17.0 Å². The number of carbonyl (C=O) groups is 1. The minimum atomic E-state index is -3.67. The summed E-state index contributed by atoms with van der Waals surface area (Å²) >= 11 is 0. The van der Waals surface area contributed by atoms with Crippen LogP contribution >= 0.6 is 0 Å². The number of halogens is 1. The van der Waals surface area contributed by atoms with Crippen molar-refractivity contribution in [3.63, 3.8) is 0 Å². The lowest BCUT2D eigenvalue weighted by molar-refractivity contribution is -0.127. The maximum Gasteiger partial charge on any atom is 0.260 e. The van der Waals surface area contributed by atoms with Gasteiger partial charge >= 0.3 is 0 Å². The van der Waals surface area contributed by atoms with Crippen molar-refractivity contribution < 1.29 is 22.3 Å². The number of hydrogen-bond acceptors (Lipinski definition) is 5. The normalized spacial score (nSPS) is 12.5. The van der Waals surface area contributed by atoms with E-state index in [0.29, 0.717) is 5.69 Å². The van der Waals surface area contributed by atoms with E-state index in [1.807, 2.05) is 0 Å². The first-order valence-electron chi connectivity index (χ1n) is 8.47. The fourth-order valence-electron chi connectivity index (χ4n) is 2.45. The number of benzene rings is 1. The number of nitrogens with zero attached hydrogens (tertiary/aromatic N) is 2. The van der Waals surface area contributed by atoms with Gasteiger partial charge < -0.3 is 10.1 Å². The van der Waals surface area contributed by atoms with Gasteiger partial charge in [-0.05, 0) is 37.3 Å². The molecule has 1 unspecified atom stereocenters. The number of para-hydroxylation sites is 1. The molecule has 0 saturated heterocycles. The first-order valence-corrected chi connectivity index (χ1v) is 10.1. The number of carbonyl (C=O) groups excluding carboxylic acids is 1. The average molecular weight is 406 g/mol. The van der Waals surface area contributed by atoms with Crippen LogP contribution in [0.25, 0.3) is 5.52 Å². The van der Waals surface area contributed by atoms with Gasteiger partial charge in [-0.2, -0.15) is 5.10 Å². The first kappa shape index (κ1) is 19.6. The van der Waals surface area contributed by atoms with Gasteiger partial charge in [0, 0.05) is 18.9 Å². The van der Waals surface area contributed by atoms with Crippen LogP contribution in [0.2, 0.25) is 0 Å². The highest BCUT2D eigenvalue weighted by atomic mass is 32.2. The monoisotopic (exact) mass is 406 g/mol. The van der Waals surface area contributed by atoms with Gasteiger partial charge in [0.25, 0.3) is 5.91 Å². The second kappa shape index (κ2) is 8.26. The molecule has 2 heterocycles. The minimum Gasteiger partial charge on any atom is -0.478 e. The predicted octanol–water partition coefficient (Wildman–Crippen LogP) is 1.80. The lowest BCUT2D eigenvalue weighted by Crippen LogP contribution is -2.39. The Bertz CT molecular complexity index is 1080. The van der Waals surface area contributed by atoms with Crippen LogP contribution in [-0.2, 0) is 14.8 Å². The van der Waals surface area contributed by atoms with Crippen LogP contribution in [0.3, 0.4) is 0 Å². The highest BCUT2D eigenvalue weighted by molar-refractivity contribution is 7.92. The van der Waals surface area contributed by atoms with E-state index >= 15 is 0 Å². The number of sulfonamides is 1. The van der Waals surface area contributed by atoms with Crippen molar-refractivity contribution in [3.8, 4) is 5.75 Å². The Morgan fingerprint density at radius 3 is 2.86 bits per heavy atom. The SMILES string of the molecule is CC(Oc1ccccc1F)C(=O)NCCS(=O)(=O)Nc1ccn2nccc2c1. The van der Waals surface area contributed by atoms with Crippen molar-refractivity contribution in [1.82, 2.24) is 14.9 Å². The van der Waals surface area contributed by atoms with Gasteiger partial charge in [0.15, 0.2) is 17.7 Å². The number of pyridine rings is 1. The Balaban J connectivity index is 1.50. The summed E-state index contributed by atoms with van der Waals surface area (Å²) in [4.78, 5) is 12.0. The molecule has 2 aromatic heterocycles. The van der Waals surface area contributed by atoms with E-state index in [2.05, 4.69) is 15.1 Å². The highest BCUT2D eigenvalue weighted by Gasteiger charge is 2.18. The van der Waals surface area contributed by atoms with E-state index in [4.69, 9.17) is 4.74 Å². The summed E-state index contributed by atoms with van der Waals surface area (Å²) in [7, 11) is -3.67. The number of aromatic nitrogens is 2. The van der Waals surface area contributed by atoms with Crippen molar-refractivity contribution in [3.05, 3.63) is 60.7 Å². The van der Waals surface area contributed by atoms with Gasteiger partial charge in [-0.25, -0.2) is 17.3 Å². The number of amides is 1. The standard InChI is InChI=1S/C18H19FN4O4S/c1-13(27-17-5-3-2-4-16(17)19)18(24)20-9-11-28(25,26)22-14-7-10-23-15(12-14)6-8-21-23/h2-8,10,12-13,22H,9,11H2,1H3,(H,20,24). The number of ether oxygens (including phenoxy) is 1. The van der Waals surface area contributed by atoms with Crippen LogP contribution in [0.4, 0.5) is 10.1 Å². The highest BCUT2D eigenvalue weighted by Crippen LogP contribution is 2.17. The molecule has 0 bridgehead atoms. The maximum absolute atomic E-state index is 13.6. The maximum atomic E-state index is 13.6. The van der Waals surface area contributed by atoms with Crippen LogP contribution in [0, 0.1) is 5.82 Å². The molecule has 0 saturated carbocycles. The summed E-state index contributed by atoms with van der Waals surface area (Å²) in [6.45, 7) is 1.34. The van der Waals surface area contributed by atoms with Crippen LogP contribution in [0.1, 0.15) is 6.92 Å². The third-order valence-corrected chi connectivity index (χ3v) is 5.14. The molecule has 1 atom stereocenters. The van der Waals surface area contributed by atoms with Crippen LogP contribution in [0.5, 0.6) is 5.75 Å². The third-order valence-electron chi connectivity index (χ3n) is 3.85. The van der Waals surface area contributed by atoms with E-state index < -0.39 is 27.9 Å². The number of hydrogen-bond donors (Lipinski definition) is 2. The summed E-state index contributed by atoms with van der Waals surface area (Å²) in [5, 5.41) is 6.50. The predicted molar refractivity (Wildman–Crippen MR) is 102 cm³/mol. The number of anilines is 1. The van der Waals surface area contributed by atoms with Crippen LogP contribution in [0.15, 0.2) is 54.9 Å². The lowest BCUT2D eigenvalue weighted by atomic mass is 10.3. The molecule has 1 amide bonds. The lowest BCUT2D eigenvalue weighted by Gasteiger charge is -2.15. The van der Waals surface area contributed by atoms with Gasteiger partial charge in [0.1, 0.15) is 0 Å². The Labute approximate surface area is 161 Å². The molecule has 10 heteroatoms. The Morgan fingerprint density at radius 1 is 1.29 bits per heavy atom. The van der Waals surface area contributed by atoms with Gasteiger partial charge in [0.2, 0.25) is 10.0 Å². The zero-order chi connectivity index (χ0) is 20.1. The minimum absolute atomic E-state index is 0.0466. The van der Waals surface area contributed by atoms with E-state index in [0.717, 1.165) is 5.52 Å². The molecule has 0 fully saturated rings. The molecule has 148 valence electrons. The van der Waals surface area contributed by atoms with Gasteiger partial charge in [-0.1, -0.05) is 12.1 Å². The second-order valence-corrected chi connectivity index (χ2v) is 7.86. The smallest absolute Gasteiger partial charge is 0.260 e. The van der Waals surface area contributed by atoms with Crippen molar-refractivity contribution in [2.75, 3.05) is 17.0 Å². The molecular weight excluding hydrogens is 387 g/mol. The van der Waals surface area contributed by atoms with Crippen molar-refractivity contribution >= 4 is 27.1 Å². The van der Waals surface area contributed by atoms with E-state index in [1.165, 1.54) is 25.1 Å². The van der Waals surface area contributed by atoms with Crippen molar-refractivity contribution in [1.29, 1.82) is 0 Å². The molecule has 8 nitrogen and oxygen atoms in total. The van der Waals surface area contributed by atoms with Gasteiger partial charge in [-0.15, -0.1) is 0 Å². The molecule has 28 heavy (non-hydrogen) atoms. The molecule has 1 aromatic carbocycles. The van der Waals surface area contributed by atoms with E-state index in [1.54, 1.807) is 41.2 Å². The summed E-state index contributed by atoms with van der Waals surface area (Å²) in [6.07, 6.45) is 2.27. The third kappa shape index (κ3) is 4.97. The van der Waals surface area contributed by atoms with Crippen LogP contribution < -0.4 is 14.8 Å².